The summed E-state index contributed by atoms with van der Waals surface area (Å²) in [5.41, 5.74) is 4.85. The Hall–Kier alpha value is -2.65. The Bertz CT molecular complexity index is 811. The summed E-state index contributed by atoms with van der Waals surface area (Å²) in [6.45, 7) is 0. The summed E-state index contributed by atoms with van der Waals surface area (Å²) < 4.78 is 37.7. The summed E-state index contributed by atoms with van der Waals surface area (Å²) in [6.07, 6.45) is -4.89. The Morgan fingerprint density at radius 3 is 2.30 bits per heavy atom. The normalized spacial score (nSPS) is 13.7. The lowest BCUT2D eigenvalue weighted by molar-refractivity contribution is -0.137. The van der Waals surface area contributed by atoms with Crippen molar-refractivity contribution in [3.8, 4) is 0 Å². The minimum Gasteiger partial charge on any atom is -0.378 e. The molecule has 1 aromatic heterocycles. The Kier molecular flexibility index (Phi) is 6.40. The van der Waals surface area contributed by atoms with Gasteiger partial charge in [0.1, 0.15) is 11.2 Å². The van der Waals surface area contributed by atoms with E-state index in [0.29, 0.717) is 5.56 Å². The molecule has 0 saturated carbocycles. The van der Waals surface area contributed by atoms with Gasteiger partial charge in [-0.3, -0.25) is 9.59 Å². The number of nitrogens with zero attached hydrogens (tertiary/aromatic N) is 1. The van der Waals surface area contributed by atoms with Gasteiger partial charge in [0.25, 0.3) is 5.91 Å². The summed E-state index contributed by atoms with van der Waals surface area (Å²) >= 11 is 5.67. The van der Waals surface area contributed by atoms with E-state index in [4.69, 9.17) is 17.3 Å². The second-order valence-corrected chi connectivity index (χ2v) is 6.07. The van der Waals surface area contributed by atoms with Gasteiger partial charge in [0.15, 0.2) is 6.10 Å². The highest BCUT2D eigenvalue weighted by atomic mass is 35.5. The molecule has 0 spiro atoms. The maximum absolute atomic E-state index is 12.6. The van der Waals surface area contributed by atoms with Crippen molar-refractivity contribution in [3.63, 3.8) is 0 Å². The van der Waals surface area contributed by atoms with Crippen molar-refractivity contribution >= 4 is 23.4 Å². The molecule has 0 bridgehead atoms. The van der Waals surface area contributed by atoms with Gasteiger partial charge in [-0.15, -0.1) is 0 Å². The Morgan fingerprint density at radius 1 is 1.19 bits per heavy atom. The standard InChI is InChI=1S/C17H15ClF3N3O3/c18-13-6-1-9(8-23-13)7-12(15(22)26)24-16(27)14(25)10-2-4-11(5-3-10)17(19,20)21/h1-6,8,12,14,25H,7H2,(H2,22,26)(H,24,27)/t12-,14-/m0/s1. The number of benzene rings is 1. The molecule has 10 heteroatoms. The molecular formula is C17H15ClF3N3O3. The van der Waals surface area contributed by atoms with Gasteiger partial charge in [-0.2, -0.15) is 13.2 Å². The minimum atomic E-state index is -4.53. The fourth-order valence-electron chi connectivity index (χ4n) is 2.24. The molecule has 27 heavy (non-hydrogen) atoms. The number of pyridine rings is 1. The van der Waals surface area contributed by atoms with Gasteiger partial charge >= 0.3 is 6.18 Å². The number of nitrogens with one attached hydrogen (secondary N) is 1. The van der Waals surface area contributed by atoms with E-state index in [-0.39, 0.29) is 17.1 Å². The van der Waals surface area contributed by atoms with Gasteiger partial charge < -0.3 is 16.2 Å². The van der Waals surface area contributed by atoms with Crippen LogP contribution < -0.4 is 11.1 Å². The summed E-state index contributed by atoms with van der Waals surface area (Å²) in [7, 11) is 0. The number of rotatable bonds is 6. The molecule has 1 aromatic carbocycles. The van der Waals surface area contributed by atoms with E-state index in [1.807, 2.05) is 0 Å². The number of hydrogen-bond acceptors (Lipinski definition) is 4. The number of alkyl halides is 3. The third-order valence-corrected chi connectivity index (χ3v) is 3.91. The molecule has 4 N–H and O–H groups in total. The van der Waals surface area contributed by atoms with Crippen molar-refractivity contribution < 1.29 is 27.9 Å². The van der Waals surface area contributed by atoms with Gasteiger partial charge in [0.05, 0.1) is 5.56 Å². The molecule has 2 aromatic rings. The maximum Gasteiger partial charge on any atom is 0.416 e. The van der Waals surface area contributed by atoms with E-state index in [9.17, 15) is 27.9 Å². The number of halogens is 4. The predicted molar refractivity (Wildman–Crippen MR) is 90.5 cm³/mol. The number of nitrogens with two attached hydrogens (primary N) is 1. The molecule has 0 aliphatic carbocycles. The highest BCUT2D eigenvalue weighted by Gasteiger charge is 2.31. The van der Waals surface area contributed by atoms with E-state index in [0.717, 1.165) is 24.3 Å². The quantitative estimate of drug-likeness (QED) is 0.644. The molecule has 0 fully saturated rings. The van der Waals surface area contributed by atoms with Crippen molar-refractivity contribution in [1.82, 2.24) is 10.3 Å². The van der Waals surface area contributed by atoms with Crippen LogP contribution in [0.5, 0.6) is 0 Å². The van der Waals surface area contributed by atoms with E-state index in [2.05, 4.69) is 10.3 Å². The lowest BCUT2D eigenvalue weighted by atomic mass is 10.0. The van der Waals surface area contributed by atoms with Crippen molar-refractivity contribution in [1.29, 1.82) is 0 Å². The number of aromatic nitrogens is 1. The van der Waals surface area contributed by atoms with Gasteiger partial charge in [0.2, 0.25) is 5.91 Å². The maximum atomic E-state index is 12.6. The van der Waals surface area contributed by atoms with Gasteiger partial charge in [-0.25, -0.2) is 4.98 Å². The summed E-state index contributed by atoms with van der Waals surface area (Å²) in [4.78, 5) is 27.6. The number of aliphatic hydroxyl groups excluding tert-OH is 1. The number of primary amides is 1. The number of aliphatic hydroxyl groups is 1. The van der Waals surface area contributed by atoms with Crippen molar-refractivity contribution in [2.24, 2.45) is 5.73 Å². The van der Waals surface area contributed by atoms with Crippen LogP contribution in [-0.4, -0.2) is 27.9 Å². The number of hydrogen-bond donors (Lipinski definition) is 3. The van der Waals surface area contributed by atoms with Crippen LogP contribution in [0.4, 0.5) is 13.2 Å². The first-order chi connectivity index (χ1) is 12.6. The molecular weight excluding hydrogens is 387 g/mol. The van der Waals surface area contributed by atoms with Crippen LogP contribution in [-0.2, 0) is 22.2 Å². The zero-order valence-corrected chi connectivity index (χ0v) is 14.5. The first-order valence-electron chi connectivity index (χ1n) is 7.63. The molecule has 0 saturated heterocycles. The Balaban J connectivity index is 2.07. The fourth-order valence-corrected chi connectivity index (χ4v) is 2.35. The van der Waals surface area contributed by atoms with Crippen LogP contribution in [0.2, 0.25) is 5.15 Å². The minimum absolute atomic E-state index is 0.00493. The van der Waals surface area contributed by atoms with E-state index in [1.54, 1.807) is 6.07 Å². The third kappa shape index (κ3) is 5.66. The smallest absolute Gasteiger partial charge is 0.378 e. The molecule has 2 amide bonds. The zero-order valence-electron chi connectivity index (χ0n) is 13.7. The summed E-state index contributed by atoms with van der Waals surface area (Å²) in [6, 6.07) is 5.39. The van der Waals surface area contributed by atoms with Crippen LogP contribution in [0, 0.1) is 0 Å². The van der Waals surface area contributed by atoms with Gasteiger partial charge in [0, 0.05) is 12.6 Å². The largest absolute Gasteiger partial charge is 0.416 e. The van der Waals surface area contributed by atoms with E-state index >= 15 is 0 Å². The van der Waals surface area contributed by atoms with Gasteiger partial charge in [-0.1, -0.05) is 29.8 Å². The molecule has 0 aliphatic rings. The molecule has 1 heterocycles. The molecule has 2 rings (SSSR count). The lowest BCUT2D eigenvalue weighted by Gasteiger charge is -2.18. The number of amides is 2. The fraction of sp³-hybridized carbons (Fsp3) is 0.235. The van der Waals surface area contributed by atoms with Crippen molar-refractivity contribution in [2.45, 2.75) is 24.7 Å². The van der Waals surface area contributed by atoms with Crippen molar-refractivity contribution in [2.75, 3.05) is 0 Å². The molecule has 144 valence electrons. The predicted octanol–water partition coefficient (Wildman–Crippen LogP) is 2.00. The first-order valence-corrected chi connectivity index (χ1v) is 8.01. The highest BCUT2D eigenvalue weighted by molar-refractivity contribution is 6.29. The average Bonchev–Trinajstić information content (AvgIpc) is 2.61. The molecule has 0 radical (unpaired) electrons. The summed E-state index contributed by atoms with van der Waals surface area (Å²) in [5.74, 6) is -1.82. The molecule has 0 unspecified atom stereocenters. The van der Waals surface area contributed by atoms with Crippen LogP contribution >= 0.6 is 11.6 Å². The van der Waals surface area contributed by atoms with E-state index < -0.39 is 35.7 Å². The number of carbonyl (C=O) groups is 2. The lowest BCUT2D eigenvalue weighted by Crippen LogP contribution is -2.47. The van der Waals surface area contributed by atoms with Crippen LogP contribution in [0.25, 0.3) is 0 Å². The molecule has 6 nitrogen and oxygen atoms in total. The highest BCUT2D eigenvalue weighted by Crippen LogP contribution is 2.30. The zero-order chi connectivity index (χ0) is 20.2. The van der Waals surface area contributed by atoms with Crippen LogP contribution in [0.3, 0.4) is 0 Å². The SMILES string of the molecule is NC(=O)[C@H](Cc1ccc(Cl)nc1)NC(=O)[C@@H](O)c1ccc(C(F)(F)F)cc1. The second-order valence-electron chi connectivity index (χ2n) is 5.68. The first kappa shape index (κ1) is 20.7. The van der Waals surface area contributed by atoms with Crippen LogP contribution in [0.15, 0.2) is 42.6 Å². The Labute approximate surface area is 157 Å². The third-order valence-electron chi connectivity index (χ3n) is 3.69. The molecule has 0 aliphatic heterocycles. The summed E-state index contributed by atoms with van der Waals surface area (Å²) in [5, 5.41) is 12.6. The second kappa shape index (κ2) is 8.36. The number of carbonyl (C=O) groups excluding carboxylic acids is 2. The average molecular weight is 402 g/mol. The topological polar surface area (TPSA) is 105 Å². The monoisotopic (exact) mass is 401 g/mol. The Morgan fingerprint density at radius 2 is 1.81 bits per heavy atom. The van der Waals surface area contributed by atoms with Crippen molar-refractivity contribution in [3.05, 3.63) is 64.4 Å². The van der Waals surface area contributed by atoms with Gasteiger partial charge in [-0.05, 0) is 29.3 Å². The van der Waals surface area contributed by atoms with E-state index in [1.165, 1.54) is 12.3 Å². The van der Waals surface area contributed by atoms with Crippen LogP contribution in [0.1, 0.15) is 22.8 Å². The molecule has 2 atom stereocenters.